The van der Waals surface area contributed by atoms with Gasteiger partial charge in [-0.05, 0) is 41.8 Å². The molecule has 0 aliphatic rings. The van der Waals surface area contributed by atoms with Crippen molar-refractivity contribution in [2.24, 2.45) is 0 Å². The molecule has 0 spiro atoms. The molecule has 4 aromatic rings. The Morgan fingerprint density at radius 3 is 2.72 bits per heavy atom. The summed E-state index contributed by atoms with van der Waals surface area (Å²) in [6, 6.07) is 12.2. The molecule has 0 fully saturated rings. The molecule has 0 atom stereocenters. The highest BCUT2D eigenvalue weighted by Crippen LogP contribution is 2.30. The number of pyridine rings is 1. The maximum absolute atomic E-state index is 13.5. The molecule has 0 amide bonds. The molecule has 126 valence electrons. The minimum absolute atomic E-state index is 0.114. The van der Waals surface area contributed by atoms with Crippen molar-refractivity contribution in [3.63, 3.8) is 0 Å². The van der Waals surface area contributed by atoms with Crippen LogP contribution < -0.4 is 5.73 Å². The van der Waals surface area contributed by atoms with Crippen molar-refractivity contribution in [2.75, 3.05) is 12.3 Å². The maximum atomic E-state index is 13.5. The number of hydrogen-bond donors (Lipinski definition) is 3. The lowest BCUT2D eigenvalue weighted by Gasteiger charge is -2.06. The van der Waals surface area contributed by atoms with E-state index in [-0.39, 0.29) is 12.4 Å². The van der Waals surface area contributed by atoms with Crippen molar-refractivity contribution in [2.45, 2.75) is 12.8 Å². The van der Waals surface area contributed by atoms with Crippen LogP contribution in [0.5, 0.6) is 0 Å². The zero-order valence-corrected chi connectivity index (χ0v) is 13.5. The smallest absolute Gasteiger partial charge is 0.150 e. The molecule has 2 heterocycles. The number of aliphatic hydroxyl groups excluding tert-OH is 1. The number of anilines is 1. The fourth-order valence-corrected chi connectivity index (χ4v) is 3.03. The van der Waals surface area contributed by atoms with Crippen LogP contribution >= 0.6 is 0 Å². The van der Waals surface area contributed by atoms with E-state index in [1.165, 1.54) is 12.1 Å². The molecule has 0 saturated carbocycles. The van der Waals surface area contributed by atoms with E-state index in [4.69, 9.17) is 10.8 Å². The van der Waals surface area contributed by atoms with Gasteiger partial charge in [0.1, 0.15) is 28.5 Å². The summed E-state index contributed by atoms with van der Waals surface area (Å²) in [5.41, 5.74) is 9.93. The molecule has 2 aromatic carbocycles. The predicted octanol–water partition coefficient (Wildman–Crippen LogP) is 3.42. The Morgan fingerprint density at radius 2 is 1.92 bits per heavy atom. The zero-order valence-electron chi connectivity index (χ0n) is 13.5. The van der Waals surface area contributed by atoms with Crippen LogP contribution in [0.15, 0.2) is 42.5 Å². The van der Waals surface area contributed by atoms with Crippen molar-refractivity contribution < 1.29 is 9.50 Å². The van der Waals surface area contributed by atoms with Crippen molar-refractivity contribution in [3.8, 4) is 11.1 Å². The molecule has 2 aromatic heterocycles. The number of aromatic amines is 1. The van der Waals surface area contributed by atoms with Crippen LogP contribution in [0, 0.1) is 5.82 Å². The van der Waals surface area contributed by atoms with Gasteiger partial charge in [0.2, 0.25) is 0 Å². The first-order valence-corrected chi connectivity index (χ1v) is 8.10. The summed E-state index contributed by atoms with van der Waals surface area (Å²) in [6.45, 7) is 0.114. The fourth-order valence-electron chi connectivity index (χ4n) is 3.03. The molecule has 0 unspecified atom stereocenters. The van der Waals surface area contributed by atoms with Crippen LogP contribution in [-0.4, -0.2) is 26.7 Å². The summed E-state index contributed by atoms with van der Waals surface area (Å²) in [7, 11) is 0. The van der Waals surface area contributed by atoms with E-state index in [9.17, 15) is 4.39 Å². The van der Waals surface area contributed by atoms with Gasteiger partial charge < -0.3 is 15.8 Å². The summed E-state index contributed by atoms with van der Waals surface area (Å²) in [5, 5.41) is 9.87. The number of aryl methyl sites for hydroxylation is 1. The van der Waals surface area contributed by atoms with Gasteiger partial charge in [-0.2, -0.15) is 0 Å². The number of aliphatic hydroxyl groups is 1. The molecule has 4 rings (SSSR count). The van der Waals surface area contributed by atoms with E-state index >= 15 is 0 Å². The molecule has 0 radical (unpaired) electrons. The zero-order chi connectivity index (χ0) is 17.4. The molecular formula is C19H17FN4O. The molecule has 5 nitrogen and oxygen atoms in total. The summed E-state index contributed by atoms with van der Waals surface area (Å²) in [4.78, 5) is 12.3. The number of nitrogens with zero attached hydrogens (tertiary/aromatic N) is 2. The van der Waals surface area contributed by atoms with Gasteiger partial charge in [-0.15, -0.1) is 0 Å². The third kappa shape index (κ3) is 2.81. The first-order valence-electron chi connectivity index (χ1n) is 8.10. The second-order valence-corrected chi connectivity index (χ2v) is 5.97. The average molecular weight is 336 g/mol. The SMILES string of the molecule is Nc1nc2cc(-c3cccc(F)c3)ccc2c2nc(CCCO)[nH]c12. The van der Waals surface area contributed by atoms with Crippen molar-refractivity contribution in [3.05, 3.63) is 54.1 Å². The highest BCUT2D eigenvalue weighted by molar-refractivity contribution is 6.07. The summed E-state index contributed by atoms with van der Waals surface area (Å²) in [5.74, 6) is 0.877. The quantitative estimate of drug-likeness (QED) is 0.533. The number of nitrogens with two attached hydrogens (primary N) is 1. The number of hydrogen-bond acceptors (Lipinski definition) is 4. The second-order valence-electron chi connectivity index (χ2n) is 5.97. The summed E-state index contributed by atoms with van der Waals surface area (Å²) in [6.07, 6.45) is 1.28. The number of fused-ring (bicyclic) bond motifs is 3. The van der Waals surface area contributed by atoms with Gasteiger partial charge in [-0.25, -0.2) is 14.4 Å². The van der Waals surface area contributed by atoms with Gasteiger partial charge in [-0.1, -0.05) is 18.2 Å². The average Bonchev–Trinajstić information content (AvgIpc) is 3.04. The normalized spacial score (nSPS) is 11.4. The lowest BCUT2D eigenvalue weighted by atomic mass is 10.0. The maximum Gasteiger partial charge on any atom is 0.150 e. The Morgan fingerprint density at radius 1 is 1.08 bits per heavy atom. The highest BCUT2D eigenvalue weighted by atomic mass is 19.1. The molecule has 6 heteroatoms. The van der Waals surface area contributed by atoms with E-state index in [2.05, 4.69) is 15.0 Å². The Kier molecular flexibility index (Phi) is 3.82. The van der Waals surface area contributed by atoms with E-state index in [0.29, 0.717) is 29.7 Å². The van der Waals surface area contributed by atoms with Crippen molar-refractivity contribution >= 4 is 27.8 Å². The molecule has 4 N–H and O–H groups in total. The number of imidazole rings is 1. The van der Waals surface area contributed by atoms with Crippen LogP contribution in [0.4, 0.5) is 10.2 Å². The van der Waals surface area contributed by atoms with Gasteiger partial charge in [0.25, 0.3) is 0 Å². The standard InChI is InChI=1S/C19H17FN4O/c20-13-4-1-3-11(9-13)12-6-7-14-15(10-12)22-19(21)18-17(14)23-16(24-18)5-2-8-25/h1,3-4,6-7,9-10,25H,2,5,8H2,(H2,21,22)(H,23,24). The van der Waals surface area contributed by atoms with E-state index < -0.39 is 0 Å². The summed E-state index contributed by atoms with van der Waals surface area (Å²) < 4.78 is 13.5. The van der Waals surface area contributed by atoms with E-state index in [1.54, 1.807) is 6.07 Å². The highest BCUT2D eigenvalue weighted by Gasteiger charge is 2.12. The number of benzene rings is 2. The topological polar surface area (TPSA) is 87.8 Å². The third-order valence-corrected chi connectivity index (χ3v) is 4.23. The van der Waals surface area contributed by atoms with Gasteiger partial charge >= 0.3 is 0 Å². The van der Waals surface area contributed by atoms with Crippen LogP contribution in [0.25, 0.3) is 33.1 Å². The number of nitrogen functional groups attached to an aromatic ring is 1. The molecule has 0 saturated heterocycles. The molecule has 0 aliphatic carbocycles. The van der Waals surface area contributed by atoms with Crippen LogP contribution in [0.2, 0.25) is 0 Å². The number of aromatic nitrogens is 3. The number of rotatable bonds is 4. The van der Waals surface area contributed by atoms with Crippen LogP contribution in [-0.2, 0) is 6.42 Å². The first kappa shape index (κ1) is 15.5. The van der Waals surface area contributed by atoms with Crippen LogP contribution in [0.3, 0.4) is 0 Å². The number of halogens is 1. The van der Waals surface area contributed by atoms with E-state index in [1.807, 2.05) is 24.3 Å². The summed E-state index contributed by atoms with van der Waals surface area (Å²) >= 11 is 0. The van der Waals surface area contributed by atoms with Crippen molar-refractivity contribution in [1.82, 2.24) is 15.0 Å². The molecule has 25 heavy (non-hydrogen) atoms. The van der Waals surface area contributed by atoms with Crippen molar-refractivity contribution in [1.29, 1.82) is 0 Å². The van der Waals surface area contributed by atoms with Gasteiger partial charge in [0.05, 0.1) is 5.52 Å². The number of nitrogens with one attached hydrogen (secondary N) is 1. The molecule has 0 bridgehead atoms. The first-order chi connectivity index (χ1) is 12.2. The lowest BCUT2D eigenvalue weighted by Crippen LogP contribution is -1.93. The second kappa shape index (κ2) is 6.14. The predicted molar refractivity (Wildman–Crippen MR) is 96.6 cm³/mol. The monoisotopic (exact) mass is 336 g/mol. The Hall–Kier alpha value is -2.99. The van der Waals surface area contributed by atoms with Gasteiger partial charge in [0, 0.05) is 18.4 Å². The Balaban J connectivity index is 1.87. The lowest BCUT2D eigenvalue weighted by molar-refractivity contribution is 0.287. The fraction of sp³-hybridized carbons (Fsp3) is 0.158. The van der Waals surface area contributed by atoms with Gasteiger partial charge in [-0.3, -0.25) is 0 Å². The van der Waals surface area contributed by atoms with Crippen LogP contribution in [0.1, 0.15) is 12.2 Å². The molecular weight excluding hydrogens is 319 g/mol. The minimum atomic E-state index is -0.277. The van der Waals surface area contributed by atoms with E-state index in [0.717, 1.165) is 27.9 Å². The minimum Gasteiger partial charge on any atom is -0.396 e. The Bertz CT molecular complexity index is 1070. The molecule has 0 aliphatic heterocycles. The largest absolute Gasteiger partial charge is 0.396 e. The third-order valence-electron chi connectivity index (χ3n) is 4.23. The Labute approximate surface area is 143 Å². The van der Waals surface area contributed by atoms with Gasteiger partial charge in [0.15, 0.2) is 0 Å². The number of H-pyrrole nitrogens is 1.